The maximum atomic E-state index is 3.75. The third-order valence-corrected chi connectivity index (χ3v) is 4.47. The van der Waals surface area contributed by atoms with Crippen LogP contribution < -0.4 is 10.6 Å². The minimum absolute atomic E-state index is 0.743. The summed E-state index contributed by atoms with van der Waals surface area (Å²) < 4.78 is 0. The Bertz CT molecular complexity index is 414. The summed E-state index contributed by atoms with van der Waals surface area (Å²) in [5.41, 5.74) is 4.40. The summed E-state index contributed by atoms with van der Waals surface area (Å²) in [4.78, 5) is 0. The molecule has 2 heteroatoms. The van der Waals surface area contributed by atoms with Crippen molar-refractivity contribution in [3.63, 3.8) is 0 Å². The largest absolute Gasteiger partial charge is 0.385 e. The first-order valence-electron chi connectivity index (χ1n) is 7.41. The van der Waals surface area contributed by atoms with Gasteiger partial charge in [-0.2, -0.15) is 0 Å². The summed E-state index contributed by atoms with van der Waals surface area (Å²) in [5.74, 6) is 0.911. The molecule has 1 aliphatic heterocycles. The summed E-state index contributed by atoms with van der Waals surface area (Å²) in [5, 5.41) is 7.26. The molecular weight excluding hydrogens is 220 g/mol. The number of hydrogen-bond donors (Lipinski definition) is 2. The summed E-state index contributed by atoms with van der Waals surface area (Å²) in [7, 11) is 0. The smallest absolute Gasteiger partial charge is 0.0375 e. The van der Waals surface area contributed by atoms with Crippen LogP contribution in [0.5, 0.6) is 0 Å². The van der Waals surface area contributed by atoms with E-state index in [-0.39, 0.29) is 0 Å². The molecular formula is C16H24N2. The first-order valence-corrected chi connectivity index (χ1v) is 7.41. The van der Waals surface area contributed by atoms with Crippen LogP contribution in [-0.2, 0) is 13.0 Å². The van der Waals surface area contributed by atoms with Gasteiger partial charge in [0.2, 0.25) is 0 Å². The van der Waals surface area contributed by atoms with Crippen LogP contribution in [0.2, 0.25) is 0 Å². The normalized spacial score (nSPS) is 26.7. The van der Waals surface area contributed by atoms with Gasteiger partial charge in [-0.25, -0.2) is 0 Å². The van der Waals surface area contributed by atoms with Crippen LogP contribution in [0.25, 0.3) is 0 Å². The van der Waals surface area contributed by atoms with E-state index in [2.05, 4.69) is 35.8 Å². The van der Waals surface area contributed by atoms with Crippen molar-refractivity contribution in [3.8, 4) is 0 Å². The Balaban J connectivity index is 1.65. The van der Waals surface area contributed by atoms with Gasteiger partial charge in [0.15, 0.2) is 0 Å². The van der Waals surface area contributed by atoms with Crippen LogP contribution in [0, 0.1) is 5.92 Å². The number of hydrogen-bond acceptors (Lipinski definition) is 2. The second-order valence-electron chi connectivity index (χ2n) is 5.97. The lowest BCUT2D eigenvalue weighted by Gasteiger charge is -2.22. The highest BCUT2D eigenvalue weighted by molar-refractivity contribution is 5.56. The van der Waals surface area contributed by atoms with Gasteiger partial charge < -0.3 is 10.6 Å². The fourth-order valence-electron chi connectivity index (χ4n) is 3.40. The van der Waals surface area contributed by atoms with E-state index in [1.165, 1.54) is 43.4 Å². The first-order chi connectivity index (χ1) is 8.83. The van der Waals surface area contributed by atoms with Gasteiger partial charge in [-0.1, -0.05) is 19.1 Å². The lowest BCUT2D eigenvalue weighted by molar-refractivity contribution is 0.501. The summed E-state index contributed by atoms with van der Waals surface area (Å²) in [6, 6.07) is 7.44. The number of fused-ring (bicyclic) bond motifs is 1. The first kappa shape index (κ1) is 12.0. The van der Waals surface area contributed by atoms with Gasteiger partial charge in [0.05, 0.1) is 0 Å². The van der Waals surface area contributed by atoms with Crippen molar-refractivity contribution < 1.29 is 0 Å². The highest BCUT2D eigenvalue weighted by Crippen LogP contribution is 2.27. The molecule has 1 heterocycles. The van der Waals surface area contributed by atoms with Gasteiger partial charge in [-0.3, -0.25) is 0 Å². The maximum absolute atomic E-state index is 3.75. The SMILES string of the molecule is CC1CCC(NCc2cccc3c2CCCN3)C1. The van der Waals surface area contributed by atoms with Crippen LogP contribution in [-0.4, -0.2) is 12.6 Å². The van der Waals surface area contributed by atoms with Crippen molar-refractivity contribution in [2.24, 2.45) is 5.92 Å². The van der Waals surface area contributed by atoms with Gasteiger partial charge >= 0.3 is 0 Å². The quantitative estimate of drug-likeness (QED) is 0.852. The van der Waals surface area contributed by atoms with Crippen LogP contribution in [0.15, 0.2) is 18.2 Å². The summed E-state index contributed by atoms with van der Waals surface area (Å²) >= 11 is 0. The Kier molecular flexibility index (Phi) is 3.55. The Morgan fingerprint density at radius 2 is 2.28 bits per heavy atom. The molecule has 0 amide bonds. The molecule has 2 aliphatic rings. The predicted octanol–water partition coefficient (Wildman–Crippen LogP) is 3.32. The third-order valence-electron chi connectivity index (χ3n) is 4.47. The molecule has 1 aromatic carbocycles. The molecule has 2 N–H and O–H groups in total. The fourth-order valence-corrected chi connectivity index (χ4v) is 3.40. The van der Waals surface area contributed by atoms with E-state index >= 15 is 0 Å². The molecule has 0 bridgehead atoms. The molecule has 1 aromatic rings. The highest BCUT2D eigenvalue weighted by atomic mass is 14.9. The lowest BCUT2D eigenvalue weighted by Crippen LogP contribution is -2.27. The average molecular weight is 244 g/mol. The van der Waals surface area contributed by atoms with Crippen LogP contribution in [0.3, 0.4) is 0 Å². The van der Waals surface area contributed by atoms with E-state index in [1.54, 1.807) is 5.56 Å². The summed E-state index contributed by atoms with van der Waals surface area (Å²) in [6.45, 7) is 4.54. The molecule has 0 saturated heterocycles. The standard InChI is InChI=1S/C16H24N2/c1-12-7-8-14(10-12)18-11-13-4-2-6-16-15(13)5-3-9-17-16/h2,4,6,12,14,17-18H,3,5,7-11H2,1H3. The van der Waals surface area contributed by atoms with E-state index in [1.807, 2.05) is 0 Å². The predicted molar refractivity (Wildman–Crippen MR) is 76.9 cm³/mol. The number of anilines is 1. The second-order valence-corrected chi connectivity index (χ2v) is 5.97. The molecule has 1 fully saturated rings. The van der Waals surface area contributed by atoms with E-state index in [9.17, 15) is 0 Å². The van der Waals surface area contributed by atoms with Crippen LogP contribution in [0.1, 0.15) is 43.7 Å². The maximum Gasteiger partial charge on any atom is 0.0375 e. The molecule has 0 radical (unpaired) electrons. The minimum Gasteiger partial charge on any atom is -0.385 e. The van der Waals surface area contributed by atoms with Crippen molar-refractivity contribution in [3.05, 3.63) is 29.3 Å². The minimum atomic E-state index is 0.743. The zero-order valence-electron chi connectivity index (χ0n) is 11.3. The van der Waals surface area contributed by atoms with E-state index < -0.39 is 0 Å². The van der Waals surface area contributed by atoms with Gasteiger partial charge in [0.1, 0.15) is 0 Å². The van der Waals surface area contributed by atoms with Crippen molar-refractivity contribution >= 4 is 5.69 Å². The molecule has 3 rings (SSSR count). The zero-order chi connectivity index (χ0) is 12.4. The third kappa shape index (κ3) is 2.54. The molecule has 1 saturated carbocycles. The number of benzene rings is 1. The lowest BCUT2D eigenvalue weighted by atomic mass is 9.97. The van der Waals surface area contributed by atoms with Crippen molar-refractivity contribution in [1.82, 2.24) is 5.32 Å². The average Bonchev–Trinajstić information content (AvgIpc) is 2.82. The van der Waals surface area contributed by atoms with Gasteiger partial charge in [0.25, 0.3) is 0 Å². The molecule has 2 atom stereocenters. The van der Waals surface area contributed by atoms with E-state index in [4.69, 9.17) is 0 Å². The van der Waals surface area contributed by atoms with E-state index in [0.29, 0.717) is 0 Å². The van der Waals surface area contributed by atoms with Crippen LogP contribution >= 0.6 is 0 Å². The van der Waals surface area contributed by atoms with Gasteiger partial charge in [-0.15, -0.1) is 0 Å². The molecule has 98 valence electrons. The van der Waals surface area contributed by atoms with Gasteiger partial charge in [0, 0.05) is 24.8 Å². The van der Waals surface area contributed by atoms with Crippen molar-refractivity contribution in [2.45, 2.75) is 51.6 Å². The molecule has 2 nitrogen and oxygen atoms in total. The molecule has 0 aromatic heterocycles. The Hall–Kier alpha value is -1.02. The molecule has 1 aliphatic carbocycles. The molecule has 2 unspecified atom stereocenters. The second kappa shape index (κ2) is 5.31. The summed E-state index contributed by atoms with van der Waals surface area (Å²) in [6.07, 6.45) is 6.61. The Morgan fingerprint density at radius 1 is 1.33 bits per heavy atom. The van der Waals surface area contributed by atoms with Crippen molar-refractivity contribution in [1.29, 1.82) is 0 Å². The van der Waals surface area contributed by atoms with E-state index in [0.717, 1.165) is 25.0 Å². The van der Waals surface area contributed by atoms with Crippen LogP contribution in [0.4, 0.5) is 5.69 Å². The molecule has 0 spiro atoms. The fraction of sp³-hybridized carbons (Fsp3) is 0.625. The number of rotatable bonds is 3. The zero-order valence-corrected chi connectivity index (χ0v) is 11.3. The van der Waals surface area contributed by atoms with Gasteiger partial charge in [-0.05, 0) is 55.2 Å². The highest BCUT2D eigenvalue weighted by Gasteiger charge is 2.21. The Morgan fingerprint density at radius 3 is 3.11 bits per heavy atom. The Labute approximate surface area is 110 Å². The number of nitrogens with one attached hydrogen (secondary N) is 2. The topological polar surface area (TPSA) is 24.1 Å². The van der Waals surface area contributed by atoms with Crippen molar-refractivity contribution in [2.75, 3.05) is 11.9 Å². The monoisotopic (exact) mass is 244 g/mol. The molecule has 18 heavy (non-hydrogen) atoms.